The van der Waals surface area contributed by atoms with Crippen LogP contribution in [0.15, 0.2) is 77.6 Å². The minimum absolute atomic E-state index is 0.0330. The summed E-state index contributed by atoms with van der Waals surface area (Å²) in [6, 6.07) is 20.5. The quantitative estimate of drug-likeness (QED) is 0.322. The van der Waals surface area contributed by atoms with Crippen LogP contribution in [0.1, 0.15) is 48.4 Å². The molecule has 1 aliphatic heterocycles. The number of hydrogen-bond acceptors (Lipinski definition) is 6. The minimum atomic E-state index is -0.688. The molecule has 1 aliphatic rings. The Balaban J connectivity index is 1.33. The topological polar surface area (TPSA) is 130 Å². The fraction of sp³-hybridized carbons (Fsp3) is 0.0800. The lowest BCUT2D eigenvalue weighted by atomic mass is 9.93. The summed E-state index contributed by atoms with van der Waals surface area (Å²) in [5.41, 5.74) is 6.42. The maximum Gasteiger partial charge on any atom is 0.339 e. The third-order valence-electron chi connectivity index (χ3n) is 5.61. The summed E-state index contributed by atoms with van der Waals surface area (Å²) >= 11 is 0. The highest BCUT2D eigenvalue weighted by molar-refractivity contribution is 6.06. The van der Waals surface area contributed by atoms with E-state index in [0.717, 1.165) is 5.56 Å². The zero-order valence-corrected chi connectivity index (χ0v) is 17.7. The van der Waals surface area contributed by atoms with Crippen LogP contribution < -0.4 is 16.4 Å². The van der Waals surface area contributed by atoms with Gasteiger partial charge in [0.2, 0.25) is 0 Å². The maximum absolute atomic E-state index is 12.7. The predicted molar refractivity (Wildman–Crippen MR) is 122 cm³/mol. The van der Waals surface area contributed by atoms with Gasteiger partial charge in [0.1, 0.15) is 6.10 Å². The van der Waals surface area contributed by atoms with Crippen LogP contribution in [0.3, 0.4) is 0 Å². The van der Waals surface area contributed by atoms with Crippen molar-refractivity contribution in [2.24, 2.45) is 0 Å². The van der Waals surface area contributed by atoms with Crippen molar-refractivity contribution >= 4 is 28.6 Å². The Morgan fingerprint density at radius 1 is 0.882 bits per heavy atom. The number of rotatable bonds is 3. The van der Waals surface area contributed by atoms with Gasteiger partial charge in [-0.2, -0.15) is 5.10 Å². The molecule has 1 atom stereocenters. The Bertz CT molecular complexity index is 1500. The molecule has 168 valence electrons. The van der Waals surface area contributed by atoms with E-state index in [1.54, 1.807) is 30.3 Å². The molecule has 34 heavy (non-hydrogen) atoms. The first-order valence-electron chi connectivity index (χ1n) is 10.5. The predicted octanol–water partition coefficient (Wildman–Crippen LogP) is 2.45. The van der Waals surface area contributed by atoms with Crippen LogP contribution in [0.5, 0.6) is 0 Å². The van der Waals surface area contributed by atoms with E-state index >= 15 is 0 Å². The lowest BCUT2D eigenvalue weighted by Gasteiger charge is -2.25. The van der Waals surface area contributed by atoms with E-state index in [4.69, 9.17) is 4.74 Å². The highest BCUT2D eigenvalue weighted by Gasteiger charge is 2.28. The summed E-state index contributed by atoms with van der Waals surface area (Å²) in [5.74, 6) is -1.71. The van der Waals surface area contributed by atoms with Gasteiger partial charge in [-0.15, -0.1) is 0 Å². The fourth-order valence-electron chi connectivity index (χ4n) is 3.92. The number of fused-ring (bicyclic) bond motifs is 2. The minimum Gasteiger partial charge on any atom is -0.454 e. The number of aromatic nitrogens is 2. The molecular weight excluding hydrogens is 436 g/mol. The molecule has 1 unspecified atom stereocenters. The molecule has 9 nitrogen and oxygen atoms in total. The van der Waals surface area contributed by atoms with Crippen LogP contribution in [0.4, 0.5) is 0 Å². The molecule has 3 aromatic carbocycles. The second-order valence-electron chi connectivity index (χ2n) is 7.74. The number of hydrazine groups is 1. The molecule has 2 heterocycles. The Morgan fingerprint density at radius 2 is 1.59 bits per heavy atom. The maximum atomic E-state index is 12.7. The van der Waals surface area contributed by atoms with Gasteiger partial charge in [-0.05, 0) is 35.4 Å². The van der Waals surface area contributed by atoms with Crippen LogP contribution in [0.2, 0.25) is 0 Å². The summed E-state index contributed by atoms with van der Waals surface area (Å²) in [5, 5.41) is 6.75. The number of carbonyl (C=O) groups is 3. The monoisotopic (exact) mass is 454 g/mol. The molecule has 0 spiro atoms. The molecule has 3 N–H and O–H groups in total. The normalized spacial score (nSPS) is 14.7. The van der Waals surface area contributed by atoms with Crippen molar-refractivity contribution in [2.45, 2.75) is 12.5 Å². The molecule has 2 amide bonds. The second kappa shape index (κ2) is 8.62. The molecule has 4 aromatic rings. The lowest BCUT2D eigenvalue weighted by Crippen LogP contribution is -2.42. The van der Waals surface area contributed by atoms with Crippen LogP contribution >= 0.6 is 0 Å². The van der Waals surface area contributed by atoms with E-state index in [2.05, 4.69) is 21.0 Å². The smallest absolute Gasteiger partial charge is 0.339 e. The summed E-state index contributed by atoms with van der Waals surface area (Å²) < 4.78 is 5.54. The average Bonchev–Trinajstić information content (AvgIpc) is 2.87. The van der Waals surface area contributed by atoms with E-state index in [-0.39, 0.29) is 11.3 Å². The zero-order valence-electron chi connectivity index (χ0n) is 17.7. The highest BCUT2D eigenvalue weighted by atomic mass is 16.5. The molecule has 1 aromatic heterocycles. The Morgan fingerprint density at radius 3 is 2.38 bits per heavy atom. The highest BCUT2D eigenvalue weighted by Crippen LogP contribution is 2.31. The number of nitrogens with zero attached hydrogens (tertiary/aromatic N) is 1. The summed E-state index contributed by atoms with van der Waals surface area (Å²) in [4.78, 5) is 49.7. The Hall–Kier alpha value is -4.79. The number of hydrogen-bond donors (Lipinski definition) is 3. The van der Waals surface area contributed by atoms with Crippen molar-refractivity contribution in [2.75, 3.05) is 0 Å². The van der Waals surface area contributed by atoms with Crippen molar-refractivity contribution in [1.82, 2.24) is 21.0 Å². The molecule has 0 saturated heterocycles. The van der Waals surface area contributed by atoms with E-state index in [1.807, 2.05) is 30.3 Å². The van der Waals surface area contributed by atoms with Gasteiger partial charge < -0.3 is 4.74 Å². The number of carbonyl (C=O) groups excluding carboxylic acids is 3. The van der Waals surface area contributed by atoms with Gasteiger partial charge in [-0.3, -0.25) is 25.2 Å². The summed E-state index contributed by atoms with van der Waals surface area (Å²) in [6.07, 6.45) is -0.0231. The van der Waals surface area contributed by atoms with Gasteiger partial charge in [-0.25, -0.2) is 9.89 Å². The van der Waals surface area contributed by atoms with Gasteiger partial charge in [0, 0.05) is 17.4 Å². The summed E-state index contributed by atoms with van der Waals surface area (Å²) in [7, 11) is 0. The molecular formula is C25H18N4O5. The molecule has 0 aliphatic carbocycles. The van der Waals surface area contributed by atoms with E-state index in [0.29, 0.717) is 28.3 Å². The van der Waals surface area contributed by atoms with Gasteiger partial charge in [-0.1, -0.05) is 48.5 Å². The van der Waals surface area contributed by atoms with Gasteiger partial charge in [0.15, 0.2) is 5.69 Å². The first-order chi connectivity index (χ1) is 16.5. The molecule has 9 heteroatoms. The third kappa shape index (κ3) is 3.90. The van der Waals surface area contributed by atoms with Gasteiger partial charge in [0.05, 0.1) is 10.9 Å². The molecule has 0 bridgehead atoms. The molecule has 0 saturated carbocycles. The number of cyclic esters (lactones) is 1. The van der Waals surface area contributed by atoms with E-state index in [9.17, 15) is 19.2 Å². The zero-order chi connectivity index (χ0) is 23.7. The van der Waals surface area contributed by atoms with Crippen molar-refractivity contribution in [3.05, 3.63) is 111 Å². The number of nitrogens with one attached hydrogen (secondary N) is 3. The number of esters is 1. The first-order valence-corrected chi connectivity index (χ1v) is 10.5. The van der Waals surface area contributed by atoms with Crippen molar-refractivity contribution in [3.8, 4) is 0 Å². The molecule has 0 radical (unpaired) electrons. The lowest BCUT2D eigenvalue weighted by molar-refractivity contribution is 0.0252. The number of amides is 2. The van der Waals surface area contributed by atoms with Crippen molar-refractivity contribution in [1.29, 1.82) is 0 Å². The van der Waals surface area contributed by atoms with Crippen molar-refractivity contribution < 1.29 is 19.1 Å². The second-order valence-corrected chi connectivity index (χ2v) is 7.74. The average molecular weight is 454 g/mol. The first kappa shape index (κ1) is 21.1. The summed E-state index contributed by atoms with van der Waals surface area (Å²) in [6.45, 7) is 0. The third-order valence-corrected chi connectivity index (χ3v) is 5.61. The van der Waals surface area contributed by atoms with Crippen LogP contribution in [-0.2, 0) is 11.2 Å². The van der Waals surface area contributed by atoms with Crippen LogP contribution in [0.25, 0.3) is 10.8 Å². The van der Waals surface area contributed by atoms with Gasteiger partial charge in [0.25, 0.3) is 17.4 Å². The fourth-order valence-corrected chi connectivity index (χ4v) is 3.92. The van der Waals surface area contributed by atoms with E-state index < -0.39 is 29.4 Å². The molecule has 5 rings (SSSR count). The number of aromatic amines is 1. The van der Waals surface area contributed by atoms with E-state index in [1.165, 1.54) is 12.1 Å². The number of H-pyrrole nitrogens is 1. The standard InChI is InChI=1S/C25H18N4O5/c30-22(27-29-24(32)21-18-8-4-5-9-19(18)23(31)28-26-21)15-10-11-17-16(12-15)13-20(34-25(17)33)14-6-2-1-3-7-14/h1-12,20H,13H2,(H,27,30)(H,28,31)(H,29,32). The SMILES string of the molecule is O=C(NNC(=O)c1n[nH]c(=O)c2ccccc12)c1ccc2c(c1)CC(c1ccccc1)OC2=O. The largest absolute Gasteiger partial charge is 0.454 e. The van der Waals surface area contributed by atoms with Crippen LogP contribution in [0, 0.1) is 0 Å². The number of benzene rings is 3. The Labute approximate surface area is 192 Å². The van der Waals surface area contributed by atoms with Crippen LogP contribution in [-0.4, -0.2) is 28.0 Å². The van der Waals surface area contributed by atoms with Crippen molar-refractivity contribution in [3.63, 3.8) is 0 Å². The number of ether oxygens (including phenoxy) is 1. The molecule has 0 fully saturated rings. The Kier molecular flexibility index (Phi) is 5.35. The van der Waals surface area contributed by atoms with Gasteiger partial charge >= 0.3 is 5.97 Å².